The lowest BCUT2D eigenvalue weighted by Crippen LogP contribution is -2.23. The molecule has 0 saturated heterocycles. The van der Waals surface area contributed by atoms with Crippen LogP contribution in [0.5, 0.6) is 0 Å². The Balaban J connectivity index is 2.21. The van der Waals surface area contributed by atoms with Crippen LogP contribution < -0.4 is 5.32 Å². The molecule has 1 heterocycles. The van der Waals surface area contributed by atoms with Gasteiger partial charge in [-0.2, -0.15) is 0 Å². The summed E-state index contributed by atoms with van der Waals surface area (Å²) in [5.41, 5.74) is 3.37. The topological polar surface area (TPSA) is 24.9 Å². The summed E-state index contributed by atoms with van der Waals surface area (Å²) in [5, 5.41) is 4.82. The molecule has 2 nitrogen and oxygen atoms in total. The lowest BCUT2D eigenvalue weighted by Gasteiger charge is -2.19. The minimum absolute atomic E-state index is 0.139. The van der Waals surface area contributed by atoms with Gasteiger partial charge in [-0.05, 0) is 42.3 Å². The van der Waals surface area contributed by atoms with E-state index < -0.39 is 0 Å². The zero-order chi connectivity index (χ0) is 15.2. The van der Waals surface area contributed by atoms with E-state index in [1.54, 1.807) is 6.07 Å². The first-order valence-electron chi connectivity index (χ1n) is 7.26. The molecule has 0 amide bonds. The van der Waals surface area contributed by atoms with Crippen molar-refractivity contribution in [2.45, 2.75) is 32.7 Å². The van der Waals surface area contributed by atoms with Gasteiger partial charge in [0.1, 0.15) is 0 Å². The molecule has 1 unspecified atom stereocenters. The molecule has 0 aliphatic heterocycles. The minimum atomic E-state index is 0.139. The molecule has 1 aromatic carbocycles. The first-order valence-corrected chi connectivity index (χ1v) is 8.01. The van der Waals surface area contributed by atoms with E-state index in [0.29, 0.717) is 10.0 Å². The second-order valence-corrected chi connectivity index (χ2v) is 5.84. The smallest absolute Gasteiger partial charge is 0.0468 e. The molecule has 0 radical (unpaired) electrons. The van der Waals surface area contributed by atoms with Crippen molar-refractivity contribution < 1.29 is 0 Å². The number of aromatic nitrogens is 1. The molecular formula is C17H20Cl2N2. The summed E-state index contributed by atoms with van der Waals surface area (Å²) >= 11 is 12.3. The third-order valence-electron chi connectivity index (χ3n) is 3.50. The maximum Gasteiger partial charge on any atom is 0.0468 e. The molecule has 4 heteroatoms. The predicted octanol–water partition coefficient (Wildman–Crippen LogP) is 4.84. The Morgan fingerprint density at radius 1 is 1.14 bits per heavy atom. The van der Waals surface area contributed by atoms with Crippen molar-refractivity contribution in [1.82, 2.24) is 10.3 Å². The van der Waals surface area contributed by atoms with Crippen LogP contribution in [0.4, 0.5) is 0 Å². The third kappa shape index (κ3) is 4.44. The normalized spacial score (nSPS) is 12.4. The Hall–Kier alpha value is -1.09. The van der Waals surface area contributed by atoms with Gasteiger partial charge in [-0.3, -0.25) is 4.98 Å². The molecule has 21 heavy (non-hydrogen) atoms. The average Bonchev–Trinajstić information content (AvgIpc) is 2.48. The number of halogens is 2. The molecule has 1 aromatic heterocycles. The summed E-state index contributed by atoms with van der Waals surface area (Å²) in [6.45, 7) is 5.09. The Bertz CT molecular complexity index is 582. The number of aryl methyl sites for hydroxylation is 1. The van der Waals surface area contributed by atoms with Gasteiger partial charge >= 0.3 is 0 Å². The van der Waals surface area contributed by atoms with Crippen LogP contribution in [0.25, 0.3) is 0 Å². The summed E-state index contributed by atoms with van der Waals surface area (Å²) in [7, 11) is 0. The highest BCUT2D eigenvalue weighted by Crippen LogP contribution is 2.28. The first kappa shape index (κ1) is 16.3. The summed E-state index contributed by atoms with van der Waals surface area (Å²) in [5.74, 6) is 0. The van der Waals surface area contributed by atoms with Crippen LogP contribution in [0, 0.1) is 0 Å². The molecule has 2 aromatic rings. The molecule has 0 saturated carbocycles. The van der Waals surface area contributed by atoms with Crippen LogP contribution >= 0.6 is 23.2 Å². The minimum Gasteiger partial charge on any atom is -0.310 e. The Labute approximate surface area is 136 Å². The van der Waals surface area contributed by atoms with Crippen molar-refractivity contribution in [2.24, 2.45) is 0 Å². The first-order chi connectivity index (χ1) is 10.1. The number of hydrogen-bond acceptors (Lipinski definition) is 2. The van der Waals surface area contributed by atoms with E-state index in [1.165, 1.54) is 5.56 Å². The maximum atomic E-state index is 6.33. The lowest BCUT2D eigenvalue weighted by atomic mass is 10.0. The number of hydrogen-bond donors (Lipinski definition) is 1. The molecule has 0 spiro atoms. The Kier molecular flexibility index (Phi) is 6.04. The molecule has 0 bridgehead atoms. The van der Waals surface area contributed by atoms with E-state index in [1.807, 2.05) is 18.3 Å². The van der Waals surface area contributed by atoms with Crippen molar-refractivity contribution in [3.63, 3.8) is 0 Å². The van der Waals surface area contributed by atoms with Crippen LogP contribution in [-0.4, -0.2) is 11.5 Å². The van der Waals surface area contributed by atoms with Gasteiger partial charge in [-0.25, -0.2) is 0 Å². The standard InChI is InChI=1S/C17H20Cl2N2/c1-3-12-5-7-14(21-11-12)10-17(20-4-2)15-8-6-13(18)9-16(15)19/h5-9,11,17,20H,3-4,10H2,1-2H3. The molecule has 2 rings (SSSR count). The summed E-state index contributed by atoms with van der Waals surface area (Å²) in [6.07, 6.45) is 3.76. The third-order valence-corrected chi connectivity index (χ3v) is 4.06. The van der Waals surface area contributed by atoms with Gasteiger partial charge in [0.2, 0.25) is 0 Å². The molecule has 112 valence electrons. The van der Waals surface area contributed by atoms with Crippen LogP contribution in [0.2, 0.25) is 10.0 Å². The monoisotopic (exact) mass is 322 g/mol. The van der Waals surface area contributed by atoms with Crippen LogP contribution in [0.3, 0.4) is 0 Å². The van der Waals surface area contributed by atoms with Crippen LogP contribution in [0.15, 0.2) is 36.5 Å². The van der Waals surface area contributed by atoms with Crippen molar-refractivity contribution in [3.05, 3.63) is 63.4 Å². The van der Waals surface area contributed by atoms with E-state index in [-0.39, 0.29) is 6.04 Å². The largest absolute Gasteiger partial charge is 0.310 e. The van der Waals surface area contributed by atoms with E-state index in [0.717, 1.165) is 30.6 Å². The van der Waals surface area contributed by atoms with E-state index >= 15 is 0 Å². The number of rotatable bonds is 6. The van der Waals surface area contributed by atoms with Crippen molar-refractivity contribution in [2.75, 3.05) is 6.54 Å². The highest BCUT2D eigenvalue weighted by Gasteiger charge is 2.15. The predicted molar refractivity (Wildman–Crippen MR) is 90.2 cm³/mol. The summed E-state index contributed by atoms with van der Waals surface area (Å²) in [6, 6.07) is 10.0. The van der Waals surface area contributed by atoms with Crippen LogP contribution in [-0.2, 0) is 12.8 Å². The van der Waals surface area contributed by atoms with Gasteiger partial charge in [0.15, 0.2) is 0 Å². The fraction of sp³-hybridized carbons (Fsp3) is 0.353. The Morgan fingerprint density at radius 3 is 2.52 bits per heavy atom. The van der Waals surface area contributed by atoms with Gasteiger partial charge in [-0.1, -0.05) is 49.2 Å². The van der Waals surface area contributed by atoms with Gasteiger partial charge in [0, 0.05) is 34.4 Å². The fourth-order valence-electron chi connectivity index (χ4n) is 2.32. The molecule has 0 aliphatic carbocycles. The molecule has 0 aliphatic rings. The number of likely N-dealkylation sites (N-methyl/N-ethyl adjacent to an activating group) is 1. The average molecular weight is 323 g/mol. The highest BCUT2D eigenvalue weighted by molar-refractivity contribution is 6.35. The molecule has 0 fully saturated rings. The molecular weight excluding hydrogens is 303 g/mol. The van der Waals surface area contributed by atoms with E-state index in [2.05, 4.69) is 36.3 Å². The Morgan fingerprint density at radius 2 is 1.95 bits per heavy atom. The lowest BCUT2D eigenvalue weighted by molar-refractivity contribution is 0.544. The molecule has 1 atom stereocenters. The van der Waals surface area contributed by atoms with Gasteiger partial charge in [0.05, 0.1) is 0 Å². The van der Waals surface area contributed by atoms with Gasteiger partial charge in [-0.15, -0.1) is 0 Å². The molecule has 1 N–H and O–H groups in total. The van der Waals surface area contributed by atoms with Gasteiger partial charge < -0.3 is 5.32 Å². The van der Waals surface area contributed by atoms with Crippen molar-refractivity contribution in [1.29, 1.82) is 0 Å². The number of pyridine rings is 1. The van der Waals surface area contributed by atoms with E-state index in [4.69, 9.17) is 23.2 Å². The zero-order valence-electron chi connectivity index (χ0n) is 12.4. The number of nitrogens with one attached hydrogen (secondary N) is 1. The van der Waals surface area contributed by atoms with Crippen LogP contribution in [0.1, 0.15) is 36.7 Å². The van der Waals surface area contributed by atoms with Crippen molar-refractivity contribution >= 4 is 23.2 Å². The SMILES string of the molecule is CCNC(Cc1ccc(CC)cn1)c1ccc(Cl)cc1Cl. The summed E-state index contributed by atoms with van der Waals surface area (Å²) < 4.78 is 0. The summed E-state index contributed by atoms with van der Waals surface area (Å²) in [4.78, 5) is 4.54. The van der Waals surface area contributed by atoms with Crippen molar-refractivity contribution in [3.8, 4) is 0 Å². The quantitative estimate of drug-likeness (QED) is 0.822. The second kappa shape index (κ2) is 7.79. The number of nitrogens with zero attached hydrogens (tertiary/aromatic N) is 1. The van der Waals surface area contributed by atoms with Gasteiger partial charge in [0.25, 0.3) is 0 Å². The highest BCUT2D eigenvalue weighted by atomic mass is 35.5. The number of benzene rings is 1. The second-order valence-electron chi connectivity index (χ2n) is 4.99. The fourth-order valence-corrected chi connectivity index (χ4v) is 2.86. The van der Waals surface area contributed by atoms with E-state index in [9.17, 15) is 0 Å². The maximum absolute atomic E-state index is 6.33. The zero-order valence-corrected chi connectivity index (χ0v) is 13.9.